The molecule has 38 heavy (non-hydrogen) atoms. The van der Waals surface area contributed by atoms with Crippen molar-refractivity contribution in [2.45, 2.75) is 98.8 Å². The third kappa shape index (κ3) is 7.16. The summed E-state index contributed by atoms with van der Waals surface area (Å²) in [4.78, 5) is 0. The molecular formula is C38H54. The van der Waals surface area contributed by atoms with Gasteiger partial charge in [0.15, 0.2) is 0 Å². The number of rotatable bonds is 5. The Labute approximate surface area is 235 Å². The number of fused-ring (bicyclic) bond motifs is 2. The molecule has 0 heteroatoms. The van der Waals surface area contributed by atoms with Gasteiger partial charge in [0.25, 0.3) is 0 Å². The van der Waals surface area contributed by atoms with Gasteiger partial charge in [-0.25, -0.2) is 0 Å². The summed E-state index contributed by atoms with van der Waals surface area (Å²) in [5.74, 6) is 0. The maximum absolute atomic E-state index is 2.54. The molecule has 2 atom stereocenters. The molecule has 2 aliphatic carbocycles. The van der Waals surface area contributed by atoms with Crippen molar-refractivity contribution >= 4 is 0 Å². The van der Waals surface area contributed by atoms with Crippen LogP contribution < -0.4 is 0 Å². The first kappa shape index (κ1) is 33.2. The number of benzene rings is 3. The van der Waals surface area contributed by atoms with E-state index in [0.29, 0.717) is 0 Å². The van der Waals surface area contributed by atoms with Crippen LogP contribution >= 0.6 is 0 Å². The molecule has 2 fully saturated rings. The largest absolute Gasteiger partial charge is 0.0845 e. The zero-order chi connectivity index (χ0) is 24.6. The van der Waals surface area contributed by atoms with Crippen molar-refractivity contribution in [3.05, 3.63) is 132 Å². The molecule has 3 aromatic carbocycles. The summed E-state index contributed by atoms with van der Waals surface area (Å²) in [5, 5.41) is 0. The summed E-state index contributed by atoms with van der Waals surface area (Å²) in [6, 6.07) is 34.9. The predicted molar refractivity (Wildman–Crippen MR) is 172 cm³/mol. The quantitative estimate of drug-likeness (QED) is 0.299. The lowest BCUT2D eigenvalue weighted by Crippen LogP contribution is -2.52. The lowest BCUT2D eigenvalue weighted by atomic mass is 9.44. The van der Waals surface area contributed by atoms with E-state index in [9.17, 15) is 0 Å². The first-order valence-corrected chi connectivity index (χ1v) is 13.5. The van der Waals surface area contributed by atoms with Crippen molar-refractivity contribution in [1.29, 1.82) is 0 Å². The van der Waals surface area contributed by atoms with Crippen LogP contribution in [0.4, 0.5) is 0 Å². The van der Waals surface area contributed by atoms with E-state index in [4.69, 9.17) is 0 Å². The molecule has 0 saturated heterocycles. The summed E-state index contributed by atoms with van der Waals surface area (Å²) in [6.45, 7) is 7.01. The zero-order valence-electron chi connectivity index (χ0n) is 21.9. The van der Waals surface area contributed by atoms with Gasteiger partial charge in [-0.3, -0.25) is 0 Å². The van der Waals surface area contributed by atoms with Gasteiger partial charge in [0.05, 0.1) is 0 Å². The molecule has 2 saturated carbocycles. The zero-order valence-corrected chi connectivity index (χ0v) is 21.9. The predicted octanol–water partition coefficient (Wildman–Crippen LogP) is 11.7. The Bertz CT molecular complexity index is 1010. The van der Waals surface area contributed by atoms with Crippen molar-refractivity contribution in [1.82, 2.24) is 0 Å². The van der Waals surface area contributed by atoms with Gasteiger partial charge in [0, 0.05) is 0 Å². The number of hydrogen-bond donors (Lipinski definition) is 0. The normalized spacial score (nSPS) is 26.0. The second kappa shape index (κ2) is 14.9. The van der Waals surface area contributed by atoms with Crippen LogP contribution in [0.3, 0.4) is 0 Å². The molecule has 0 radical (unpaired) electrons. The molecule has 2 aliphatic rings. The average Bonchev–Trinajstić information content (AvgIpc) is 2.91. The standard InChI is InChI=1S/C29H36.C6H6.3CH4/c1-4-6-14-24(5-2)27(3)21-28(25-15-9-7-10-16-25)19-13-20-29(22-27,23-28)26-17-11-8-12-18-26;1-2-4-6-5-3-1;;;/h5-12,14-18H,4,13,19-23H2,1-3H3;1-6H;3*1H4/b14-6-,24-5+;;;;. The highest BCUT2D eigenvalue weighted by Crippen LogP contribution is 2.64. The lowest BCUT2D eigenvalue weighted by Gasteiger charge is -2.59. The molecule has 2 unspecified atom stereocenters. The smallest absolute Gasteiger partial charge is 0.00301 e. The second-order valence-electron chi connectivity index (χ2n) is 10.9. The maximum Gasteiger partial charge on any atom is -0.00301 e. The molecule has 3 aromatic rings. The van der Waals surface area contributed by atoms with E-state index in [1.807, 2.05) is 36.4 Å². The third-order valence-electron chi connectivity index (χ3n) is 8.42. The molecule has 0 heterocycles. The minimum absolute atomic E-state index is 0. The molecule has 0 nitrogen and oxygen atoms in total. The Morgan fingerprint density at radius 1 is 0.658 bits per heavy atom. The van der Waals surface area contributed by atoms with Gasteiger partial charge in [-0.05, 0) is 78.4 Å². The SMILES string of the molecule is C.C.C.C/C=C(\C=C/CC)C1(C)CC2(c3ccccc3)CCCC(c3ccccc3)(C1)C2.c1ccccc1. The fourth-order valence-electron chi connectivity index (χ4n) is 7.21. The number of allylic oxidation sites excluding steroid dienone is 4. The summed E-state index contributed by atoms with van der Waals surface area (Å²) in [6.07, 6.45) is 16.0. The Morgan fingerprint density at radius 3 is 1.42 bits per heavy atom. The van der Waals surface area contributed by atoms with Gasteiger partial charge in [0.2, 0.25) is 0 Å². The highest BCUT2D eigenvalue weighted by Gasteiger charge is 2.56. The van der Waals surface area contributed by atoms with Crippen LogP contribution in [0.15, 0.2) is 121 Å². The van der Waals surface area contributed by atoms with Gasteiger partial charge in [-0.1, -0.05) is 158 Å². The van der Waals surface area contributed by atoms with Gasteiger partial charge >= 0.3 is 0 Å². The van der Waals surface area contributed by atoms with Crippen molar-refractivity contribution in [2.75, 3.05) is 0 Å². The molecule has 206 valence electrons. The Morgan fingerprint density at radius 2 is 1.05 bits per heavy atom. The minimum atomic E-state index is 0. The molecule has 0 aliphatic heterocycles. The summed E-state index contributed by atoms with van der Waals surface area (Å²) >= 11 is 0. The van der Waals surface area contributed by atoms with Crippen LogP contribution in [0, 0.1) is 5.41 Å². The van der Waals surface area contributed by atoms with Crippen molar-refractivity contribution in [2.24, 2.45) is 5.41 Å². The maximum atomic E-state index is 2.54. The van der Waals surface area contributed by atoms with Gasteiger partial charge in [-0.2, -0.15) is 0 Å². The summed E-state index contributed by atoms with van der Waals surface area (Å²) < 4.78 is 0. The molecule has 0 amide bonds. The third-order valence-corrected chi connectivity index (χ3v) is 8.42. The molecule has 0 spiro atoms. The van der Waals surface area contributed by atoms with Crippen LogP contribution in [0.25, 0.3) is 0 Å². The Hall–Kier alpha value is -2.86. The first-order valence-electron chi connectivity index (χ1n) is 13.5. The van der Waals surface area contributed by atoms with E-state index in [2.05, 4.69) is 99.7 Å². The summed E-state index contributed by atoms with van der Waals surface area (Å²) in [5.41, 5.74) is 5.39. The molecular weight excluding hydrogens is 456 g/mol. The van der Waals surface area contributed by atoms with Crippen molar-refractivity contribution < 1.29 is 0 Å². The second-order valence-corrected chi connectivity index (χ2v) is 10.9. The fraction of sp³-hybridized carbons (Fsp3) is 0.421. The highest BCUT2D eigenvalue weighted by molar-refractivity contribution is 5.40. The first-order chi connectivity index (χ1) is 17.1. The van der Waals surface area contributed by atoms with Crippen LogP contribution in [0.5, 0.6) is 0 Å². The summed E-state index contributed by atoms with van der Waals surface area (Å²) in [7, 11) is 0. The topological polar surface area (TPSA) is 0 Å². The molecule has 2 bridgehead atoms. The fourth-order valence-corrected chi connectivity index (χ4v) is 7.21. The van der Waals surface area contributed by atoms with Crippen molar-refractivity contribution in [3.63, 3.8) is 0 Å². The highest BCUT2D eigenvalue weighted by atomic mass is 14.6. The number of hydrogen-bond acceptors (Lipinski definition) is 0. The van der Waals surface area contributed by atoms with E-state index < -0.39 is 0 Å². The van der Waals surface area contributed by atoms with E-state index in [-0.39, 0.29) is 38.5 Å². The Kier molecular flexibility index (Phi) is 13.0. The molecule has 0 N–H and O–H groups in total. The van der Waals surface area contributed by atoms with E-state index in [1.54, 1.807) is 11.1 Å². The molecule has 5 rings (SSSR count). The van der Waals surface area contributed by atoms with Crippen LogP contribution in [-0.4, -0.2) is 0 Å². The van der Waals surface area contributed by atoms with Crippen LogP contribution in [0.1, 0.15) is 99.1 Å². The average molecular weight is 511 g/mol. The lowest BCUT2D eigenvalue weighted by molar-refractivity contribution is 0.0391. The van der Waals surface area contributed by atoms with E-state index in [1.165, 1.54) is 44.1 Å². The monoisotopic (exact) mass is 510 g/mol. The Balaban J connectivity index is 0.000000711. The van der Waals surface area contributed by atoms with Crippen LogP contribution in [0.2, 0.25) is 0 Å². The van der Waals surface area contributed by atoms with E-state index >= 15 is 0 Å². The van der Waals surface area contributed by atoms with Crippen molar-refractivity contribution in [3.8, 4) is 0 Å². The van der Waals surface area contributed by atoms with Gasteiger partial charge < -0.3 is 0 Å². The van der Waals surface area contributed by atoms with Gasteiger partial charge in [-0.15, -0.1) is 0 Å². The molecule has 0 aromatic heterocycles. The minimum Gasteiger partial charge on any atom is -0.0845 e. The van der Waals surface area contributed by atoms with Gasteiger partial charge in [0.1, 0.15) is 0 Å². The van der Waals surface area contributed by atoms with E-state index in [0.717, 1.165) is 6.42 Å². The van der Waals surface area contributed by atoms with Crippen LogP contribution in [-0.2, 0) is 10.8 Å².